The second-order valence-corrected chi connectivity index (χ2v) is 5.41. The normalized spacial score (nSPS) is 16.1. The van der Waals surface area contributed by atoms with Gasteiger partial charge >= 0.3 is 6.18 Å². The molecule has 17 heavy (non-hydrogen) atoms. The number of hydrogen-bond acceptors (Lipinski definition) is 1. The van der Waals surface area contributed by atoms with Crippen molar-refractivity contribution in [3.05, 3.63) is 33.8 Å². The van der Waals surface area contributed by atoms with Crippen LogP contribution in [0, 0.1) is 0 Å². The first-order valence-corrected chi connectivity index (χ1v) is 5.95. The number of rotatable bonds is 2. The molecule has 0 fully saturated rings. The highest BCUT2D eigenvalue weighted by Crippen LogP contribution is 2.40. The summed E-state index contributed by atoms with van der Waals surface area (Å²) in [5.74, 6) is 0.0929. The Morgan fingerprint density at radius 2 is 1.71 bits per heavy atom. The SMILES string of the molecule is CC(C)c1cc(Br)cc(C(C)(O)C(F)(F)F)c1. The highest BCUT2D eigenvalue weighted by Gasteiger charge is 2.51. The van der Waals surface area contributed by atoms with Crippen molar-refractivity contribution in [1.29, 1.82) is 0 Å². The zero-order chi connectivity index (χ0) is 13.4. The second-order valence-electron chi connectivity index (χ2n) is 4.50. The molecule has 96 valence electrons. The van der Waals surface area contributed by atoms with Crippen LogP contribution < -0.4 is 0 Å². The fraction of sp³-hybridized carbons (Fsp3) is 0.500. The fourth-order valence-electron chi connectivity index (χ4n) is 1.39. The van der Waals surface area contributed by atoms with E-state index < -0.39 is 11.8 Å². The van der Waals surface area contributed by atoms with Crippen LogP contribution in [0.3, 0.4) is 0 Å². The molecule has 1 atom stereocenters. The Morgan fingerprint density at radius 1 is 1.18 bits per heavy atom. The first-order valence-electron chi connectivity index (χ1n) is 5.15. The van der Waals surface area contributed by atoms with E-state index in [4.69, 9.17) is 0 Å². The number of benzene rings is 1. The lowest BCUT2D eigenvalue weighted by Crippen LogP contribution is -2.39. The largest absolute Gasteiger partial charge is 0.421 e. The molecule has 0 aliphatic carbocycles. The molecule has 0 amide bonds. The van der Waals surface area contributed by atoms with Gasteiger partial charge in [0.1, 0.15) is 0 Å². The van der Waals surface area contributed by atoms with Gasteiger partial charge in [-0.15, -0.1) is 0 Å². The molecule has 1 aromatic carbocycles. The Bertz CT molecular complexity index is 411. The molecule has 1 aromatic rings. The summed E-state index contributed by atoms with van der Waals surface area (Å²) in [6.07, 6.45) is -4.69. The molecular formula is C12H14BrF3O. The summed E-state index contributed by atoms with van der Waals surface area (Å²) in [5, 5.41) is 9.61. The van der Waals surface area contributed by atoms with Crippen LogP contribution in [-0.2, 0) is 5.60 Å². The van der Waals surface area contributed by atoms with Gasteiger partial charge in [0, 0.05) is 4.47 Å². The zero-order valence-electron chi connectivity index (χ0n) is 9.77. The van der Waals surface area contributed by atoms with E-state index in [0.717, 1.165) is 12.5 Å². The molecule has 0 aliphatic heterocycles. The van der Waals surface area contributed by atoms with Gasteiger partial charge in [0.25, 0.3) is 0 Å². The van der Waals surface area contributed by atoms with Crippen LogP contribution >= 0.6 is 15.9 Å². The van der Waals surface area contributed by atoms with Gasteiger partial charge in [-0.3, -0.25) is 0 Å². The van der Waals surface area contributed by atoms with E-state index in [1.807, 2.05) is 13.8 Å². The van der Waals surface area contributed by atoms with Crippen LogP contribution in [0.4, 0.5) is 13.2 Å². The van der Waals surface area contributed by atoms with Gasteiger partial charge in [0.2, 0.25) is 0 Å². The number of hydrogen-bond donors (Lipinski definition) is 1. The third kappa shape index (κ3) is 3.01. The Balaban J connectivity index is 3.32. The minimum absolute atomic E-state index is 0.0929. The molecule has 1 nitrogen and oxygen atoms in total. The maximum absolute atomic E-state index is 12.7. The van der Waals surface area contributed by atoms with E-state index in [0.29, 0.717) is 4.47 Å². The van der Waals surface area contributed by atoms with Crippen molar-refractivity contribution in [2.45, 2.75) is 38.5 Å². The maximum Gasteiger partial charge on any atom is 0.421 e. The van der Waals surface area contributed by atoms with Crippen LogP contribution in [0.15, 0.2) is 22.7 Å². The lowest BCUT2D eigenvalue weighted by Gasteiger charge is -2.27. The van der Waals surface area contributed by atoms with Gasteiger partial charge in [-0.25, -0.2) is 0 Å². The van der Waals surface area contributed by atoms with Crippen LogP contribution in [0.5, 0.6) is 0 Å². The van der Waals surface area contributed by atoms with Crippen LogP contribution in [0.1, 0.15) is 37.8 Å². The summed E-state index contributed by atoms with van der Waals surface area (Å²) in [6.45, 7) is 4.53. The molecule has 5 heteroatoms. The van der Waals surface area contributed by atoms with Crippen molar-refractivity contribution < 1.29 is 18.3 Å². The topological polar surface area (TPSA) is 20.2 Å². The van der Waals surface area contributed by atoms with E-state index in [1.165, 1.54) is 12.1 Å². The molecular weight excluding hydrogens is 297 g/mol. The van der Waals surface area contributed by atoms with Gasteiger partial charge in [0.15, 0.2) is 5.60 Å². The summed E-state index contributed by atoms with van der Waals surface area (Å²) < 4.78 is 38.7. The predicted octanol–water partition coefficient (Wildman–Crippen LogP) is 4.34. The molecule has 1 rings (SSSR count). The zero-order valence-corrected chi connectivity index (χ0v) is 11.4. The minimum atomic E-state index is -4.69. The van der Waals surface area contributed by atoms with Gasteiger partial charge in [-0.05, 0) is 36.1 Å². The molecule has 0 spiro atoms. The quantitative estimate of drug-likeness (QED) is 0.861. The summed E-state index contributed by atoms with van der Waals surface area (Å²) in [7, 11) is 0. The van der Waals surface area contributed by atoms with Crippen LogP contribution in [-0.4, -0.2) is 11.3 Å². The van der Waals surface area contributed by atoms with Crippen molar-refractivity contribution in [2.24, 2.45) is 0 Å². The molecule has 0 radical (unpaired) electrons. The smallest absolute Gasteiger partial charge is 0.376 e. The number of halogens is 4. The van der Waals surface area contributed by atoms with Crippen molar-refractivity contribution in [1.82, 2.24) is 0 Å². The van der Waals surface area contributed by atoms with E-state index in [1.54, 1.807) is 6.07 Å². The van der Waals surface area contributed by atoms with E-state index >= 15 is 0 Å². The first kappa shape index (κ1) is 14.5. The van der Waals surface area contributed by atoms with Gasteiger partial charge in [-0.2, -0.15) is 13.2 Å². The lowest BCUT2D eigenvalue weighted by atomic mass is 9.91. The molecule has 0 heterocycles. The third-order valence-electron chi connectivity index (χ3n) is 2.70. The Kier molecular flexibility index (Phi) is 3.94. The van der Waals surface area contributed by atoms with Crippen molar-refractivity contribution in [3.63, 3.8) is 0 Å². The number of aliphatic hydroxyl groups is 1. The second kappa shape index (κ2) is 4.61. The molecule has 0 saturated carbocycles. The fourth-order valence-corrected chi connectivity index (χ4v) is 1.90. The molecule has 1 unspecified atom stereocenters. The summed E-state index contributed by atoms with van der Waals surface area (Å²) in [5.41, 5.74) is -2.23. The average Bonchev–Trinajstić information content (AvgIpc) is 2.14. The summed E-state index contributed by atoms with van der Waals surface area (Å²) >= 11 is 3.16. The Morgan fingerprint density at radius 3 is 2.12 bits per heavy atom. The summed E-state index contributed by atoms with van der Waals surface area (Å²) in [6, 6.07) is 4.43. The third-order valence-corrected chi connectivity index (χ3v) is 3.16. The van der Waals surface area contributed by atoms with Gasteiger partial charge < -0.3 is 5.11 Å². The van der Waals surface area contributed by atoms with E-state index in [9.17, 15) is 18.3 Å². The average molecular weight is 311 g/mol. The number of alkyl halides is 3. The van der Waals surface area contributed by atoms with Crippen molar-refractivity contribution in [3.8, 4) is 0 Å². The maximum atomic E-state index is 12.7. The Hall–Kier alpha value is -0.550. The predicted molar refractivity (Wildman–Crippen MR) is 63.9 cm³/mol. The van der Waals surface area contributed by atoms with Crippen molar-refractivity contribution in [2.75, 3.05) is 0 Å². The summed E-state index contributed by atoms with van der Waals surface area (Å²) in [4.78, 5) is 0. The Labute approximate surface area is 107 Å². The van der Waals surface area contributed by atoms with E-state index in [2.05, 4.69) is 15.9 Å². The van der Waals surface area contributed by atoms with Crippen LogP contribution in [0.2, 0.25) is 0 Å². The molecule has 0 bridgehead atoms. The molecule has 1 N–H and O–H groups in total. The molecule has 0 aromatic heterocycles. The molecule has 0 aliphatic rings. The van der Waals surface area contributed by atoms with Crippen LogP contribution in [0.25, 0.3) is 0 Å². The highest BCUT2D eigenvalue weighted by molar-refractivity contribution is 9.10. The first-order chi connectivity index (χ1) is 7.55. The monoisotopic (exact) mass is 310 g/mol. The van der Waals surface area contributed by atoms with Crippen molar-refractivity contribution >= 4 is 15.9 Å². The highest BCUT2D eigenvalue weighted by atomic mass is 79.9. The standard InChI is InChI=1S/C12H14BrF3O/c1-7(2)8-4-9(6-10(13)5-8)11(3,17)12(14,15)16/h4-7,17H,1-3H3. The van der Waals surface area contributed by atoms with E-state index in [-0.39, 0.29) is 11.5 Å². The van der Waals surface area contributed by atoms with Gasteiger partial charge in [-0.1, -0.05) is 35.8 Å². The molecule has 0 saturated heterocycles. The van der Waals surface area contributed by atoms with Gasteiger partial charge in [0.05, 0.1) is 0 Å². The lowest BCUT2D eigenvalue weighted by molar-refractivity contribution is -0.258. The minimum Gasteiger partial charge on any atom is -0.376 e.